The van der Waals surface area contributed by atoms with Crippen LogP contribution in [-0.4, -0.2) is 25.0 Å². The van der Waals surface area contributed by atoms with Crippen LogP contribution in [0.15, 0.2) is 76.9 Å². The van der Waals surface area contributed by atoms with Gasteiger partial charge in [0.1, 0.15) is 5.03 Å². The summed E-state index contributed by atoms with van der Waals surface area (Å²) in [6, 6.07) is 19.1. The van der Waals surface area contributed by atoms with Gasteiger partial charge >= 0.3 is 6.18 Å². The molecule has 0 unspecified atom stereocenters. The third kappa shape index (κ3) is 4.63. The van der Waals surface area contributed by atoms with Gasteiger partial charge in [-0.2, -0.15) is 13.2 Å². The van der Waals surface area contributed by atoms with Crippen LogP contribution < -0.4 is 0 Å². The van der Waals surface area contributed by atoms with Gasteiger partial charge in [-0.15, -0.1) is 20.4 Å². The van der Waals surface area contributed by atoms with Gasteiger partial charge in [-0.3, -0.25) is 4.57 Å². The molecule has 0 aliphatic heterocycles. The molecular formula is C20H13ClF3N5S. The van der Waals surface area contributed by atoms with Crippen molar-refractivity contribution in [2.45, 2.75) is 22.9 Å². The Hall–Kier alpha value is -2.91. The Balaban J connectivity index is 1.69. The van der Waals surface area contributed by atoms with Crippen LogP contribution in [0.2, 0.25) is 5.02 Å². The lowest BCUT2D eigenvalue weighted by molar-refractivity contribution is -0.141. The maximum atomic E-state index is 12.7. The fourth-order valence-corrected chi connectivity index (χ4v) is 3.58. The van der Waals surface area contributed by atoms with Crippen molar-refractivity contribution < 1.29 is 13.2 Å². The lowest BCUT2D eigenvalue weighted by Crippen LogP contribution is -2.09. The SMILES string of the molecule is FC(F)(F)c1ccc(Sc2nnc(-c3ccc(Cl)cc3)n2Cc2ccccc2)nn1. The van der Waals surface area contributed by atoms with E-state index in [9.17, 15) is 13.2 Å². The standard InChI is InChI=1S/C20H13ClF3N5S/c21-15-8-6-14(7-9-15)18-27-28-19(29(18)12-13-4-2-1-3-5-13)30-17-11-10-16(25-26-17)20(22,23)24/h1-11H,12H2. The van der Waals surface area contributed by atoms with Gasteiger partial charge in [-0.05, 0) is 53.7 Å². The first kappa shape index (κ1) is 20.4. The molecule has 0 bridgehead atoms. The highest BCUT2D eigenvalue weighted by Crippen LogP contribution is 2.31. The number of benzene rings is 2. The van der Waals surface area contributed by atoms with Crippen LogP contribution in [0.1, 0.15) is 11.3 Å². The van der Waals surface area contributed by atoms with Crippen LogP contribution in [0.3, 0.4) is 0 Å². The van der Waals surface area contributed by atoms with E-state index < -0.39 is 11.9 Å². The van der Waals surface area contributed by atoms with E-state index in [1.807, 2.05) is 47.0 Å². The number of hydrogen-bond acceptors (Lipinski definition) is 5. The third-order valence-corrected chi connectivity index (χ3v) is 5.29. The Morgan fingerprint density at radius 3 is 2.20 bits per heavy atom. The molecule has 4 rings (SSSR count). The molecule has 2 aromatic heterocycles. The maximum Gasteiger partial charge on any atom is 0.435 e. The van der Waals surface area contributed by atoms with Gasteiger partial charge in [0.15, 0.2) is 16.7 Å². The second kappa shape index (κ2) is 8.45. The summed E-state index contributed by atoms with van der Waals surface area (Å²) in [6.45, 7) is 0.474. The largest absolute Gasteiger partial charge is 0.435 e. The molecule has 0 amide bonds. The van der Waals surface area contributed by atoms with Crippen molar-refractivity contribution in [2.24, 2.45) is 0 Å². The van der Waals surface area contributed by atoms with Crippen molar-refractivity contribution in [3.63, 3.8) is 0 Å². The number of alkyl halides is 3. The third-order valence-electron chi connectivity index (χ3n) is 4.13. The van der Waals surface area contributed by atoms with Crippen LogP contribution >= 0.6 is 23.4 Å². The Labute approximate surface area is 178 Å². The molecule has 152 valence electrons. The Morgan fingerprint density at radius 2 is 1.57 bits per heavy atom. The van der Waals surface area contributed by atoms with E-state index in [1.54, 1.807) is 12.1 Å². The summed E-state index contributed by atoms with van der Waals surface area (Å²) in [5.41, 5.74) is 0.792. The van der Waals surface area contributed by atoms with Crippen molar-refractivity contribution in [2.75, 3.05) is 0 Å². The summed E-state index contributed by atoms with van der Waals surface area (Å²) >= 11 is 7.08. The lowest BCUT2D eigenvalue weighted by Gasteiger charge is -2.10. The van der Waals surface area contributed by atoms with E-state index in [4.69, 9.17) is 11.6 Å². The van der Waals surface area contributed by atoms with Crippen molar-refractivity contribution >= 4 is 23.4 Å². The minimum absolute atomic E-state index is 0.285. The summed E-state index contributed by atoms with van der Waals surface area (Å²) < 4.78 is 40.1. The predicted molar refractivity (Wildman–Crippen MR) is 107 cm³/mol. The average molecular weight is 448 g/mol. The van der Waals surface area contributed by atoms with Gasteiger partial charge in [0.2, 0.25) is 0 Å². The molecule has 0 aliphatic rings. The quantitative estimate of drug-likeness (QED) is 0.398. The minimum atomic E-state index is -4.54. The highest BCUT2D eigenvalue weighted by molar-refractivity contribution is 7.99. The van der Waals surface area contributed by atoms with Crippen LogP contribution in [0.4, 0.5) is 13.2 Å². The molecular weight excluding hydrogens is 435 g/mol. The summed E-state index contributed by atoms with van der Waals surface area (Å²) in [7, 11) is 0. The van der Waals surface area contributed by atoms with E-state index in [1.165, 1.54) is 6.07 Å². The molecule has 0 N–H and O–H groups in total. The first-order valence-corrected chi connectivity index (χ1v) is 9.91. The van der Waals surface area contributed by atoms with Gasteiger partial charge in [-0.25, -0.2) is 0 Å². The van der Waals surface area contributed by atoms with Gasteiger partial charge in [0.25, 0.3) is 0 Å². The average Bonchev–Trinajstić information content (AvgIpc) is 3.11. The zero-order valence-electron chi connectivity index (χ0n) is 15.2. The smallest absolute Gasteiger partial charge is 0.297 e. The van der Waals surface area contributed by atoms with Gasteiger partial charge in [0.05, 0.1) is 6.54 Å². The highest BCUT2D eigenvalue weighted by atomic mass is 35.5. The summed E-state index contributed by atoms with van der Waals surface area (Å²) in [4.78, 5) is 0. The molecule has 0 saturated carbocycles. The second-order valence-corrected chi connectivity index (χ2v) is 7.67. The lowest BCUT2D eigenvalue weighted by atomic mass is 10.2. The molecule has 0 atom stereocenters. The molecule has 30 heavy (non-hydrogen) atoms. The number of nitrogens with zero attached hydrogens (tertiary/aromatic N) is 5. The van der Waals surface area contributed by atoms with Gasteiger partial charge in [0, 0.05) is 10.6 Å². The van der Waals surface area contributed by atoms with E-state index in [0.717, 1.165) is 29.0 Å². The van der Waals surface area contributed by atoms with Crippen LogP contribution in [0, 0.1) is 0 Å². The van der Waals surface area contributed by atoms with Crippen molar-refractivity contribution in [1.82, 2.24) is 25.0 Å². The zero-order valence-corrected chi connectivity index (χ0v) is 16.8. The number of rotatable bonds is 5. The molecule has 4 aromatic rings. The van der Waals surface area contributed by atoms with E-state index >= 15 is 0 Å². The fraction of sp³-hybridized carbons (Fsp3) is 0.100. The number of aromatic nitrogens is 5. The Morgan fingerprint density at radius 1 is 0.833 bits per heavy atom. The van der Waals surface area contributed by atoms with E-state index in [2.05, 4.69) is 20.4 Å². The van der Waals surface area contributed by atoms with Crippen LogP contribution in [0.5, 0.6) is 0 Å². The van der Waals surface area contributed by atoms with Crippen LogP contribution in [-0.2, 0) is 12.7 Å². The Kier molecular flexibility index (Phi) is 5.74. The summed E-state index contributed by atoms with van der Waals surface area (Å²) in [5.74, 6) is 0.609. The molecule has 0 fully saturated rings. The molecule has 0 saturated heterocycles. The molecule has 0 aliphatic carbocycles. The van der Waals surface area contributed by atoms with E-state index in [0.29, 0.717) is 22.5 Å². The first-order chi connectivity index (χ1) is 14.4. The molecule has 10 heteroatoms. The molecule has 0 spiro atoms. The van der Waals surface area contributed by atoms with Crippen LogP contribution in [0.25, 0.3) is 11.4 Å². The normalized spacial score (nSPS) is 11.6. The summed E-state index contributed by atoms with van der Waals surface area (Å²) in [6.07, 6.45) is -4.54. The van der Waals surface area contributed by atoms with Crippen molar-refractivity contribution in [3.05, 3.63) is 83.0 Å². The molecule has 2 heterocycles. The minimum Gasteiger partial charge on any atom is -0.297 e. The van der Waals surface area contributed by atoms with Gasteiger partial charge in [-0.1, -0.05) is 41.9 Å². The molecule has 0 radical (unpaired) electrons. The monoisotopic (exact) mass is 447 g/mol. The zero-order chi connectivity index (χ0) is 21.1. The van der Waals surface area contributed by atoms with Gasteiger partial charge < -0.3 is 0 Å². The number of halogens is 4. The molecule has 2 aromatic carbocycles. The van der Waals surface area contributed by atoms with Crippen molar-refractivity contribution in [1.29, 1.82) is 0 Å². The Bertz CT molecular complexity index is 1130. The first-order valence-electron chi connectivity index (χ1n) is 8.72. The highest BCUT2D eigenvalue weighted by Gasteiger charge is 2.33. The topological polar surface area (TPSA) is 56.5 Å². The maximum absolute atomic E-state index is 12.7. The fourth-order valence-electron chi connectivity index (χ4n) is 2.70. The summed E-state index contributed by atoms with van der Waals surface area (Å²) in [5, 5.41) is 16.8. The number of hydrogen-bond donors (Lipinski definition) is 0. The molecule has 5 nitrogen and oxygen atoms in total. The van der Waals surface area contributed by atoms with E-state index in [-0.39, 0.29) is 5.03 Å². The predicted octanol–water partition coefficient (Wildman–Crippen LogP) is 5.61. The van der Waals surface area contributed by atoms with Crippen molar-refractivity contribution in [3.8, 4) is 11.4 Å². The second-order valence-electron chi connectivity index (χ2n) is 6.24.